The van der Waals surface area contributed by atoms with Gasteiger partial charge in [-0.3, -0.25) is 9.89 Å². The van der Waals surface area contributed by atoms with Crippen molar-refractivity contribution in [3.63, 3.8) is 0 Å². The fourth-order valence-electron chi connectivity index (χ4n) is 3.17. The highest BCUT2D eigenvalue weighted by Crippen LogP contribution is 2.35. The molecule has 152 valence electrons. The molecule has 3 N–H and O–H groups in total. The number of ether oxygens (including phenoxy) is 2. The second kappa shape index (κ2) is 9.54. The Hall–Kier alpha value is -2.62. The van der Waals surface area contributed by atoms with E-state index in [1.54, 1.807) is 13.3 Å². The number of amides is 2. The number of hydrogen-bond donors (Lipinski definition) is 3. The molecule has 0 spiro atoms. The highest BCUT2D eigenvalue weighted by Gasteiger charge is 2.30. The first-order valence-electron chi connectivity index (χ1n) is 9.35. The summed E-state index contributed by atoms with van der Waals surface area (Å²) < 4.78 is 10.5. The van der Waals surface area contributed by atoms with Crippen LogP contribution in [0.5, 0.6) is 5.19 Å². The number of rotatable bonds is 8. The number of methoxy groups -OCH3 is 1. The molecule has 0 radical (unpaired) electrons. The Morgan fingerprint density at radius 1 is 1.39 bits per heavy atom. The van der Waals surface area contributed by atoms with Gasteiger partial charge in [-0.25, -0.2) is 9.78 Å². The van der Waals surface area contributed by atoms with Crippen LogP contribution in [0.15, 0.2) is 12.3 Å². The quantitative estimate of drug-likeness (QED) is 0.619. The zero-order chi connectivity index (χ0) is 19.9. The first-order valence-corrected chi connectivity index (χ1v) is 10.2. The zero-order valence-electron chi connectivity index (χ0n) is 16.0. The molecular weight excluding hydrogens is 382 g/mol. The number of thiazole rings is 1. The molecule has 2 heterocycles. The Bertz CT molecular complexity index is 806. The summed E-state index contributed by atoms with van der Waals surface area (Å²) in [7, 11) is 1.55. The van der Waals surface area contributed by atoms with Gasteiger partial charge in [0.05, 0.1) is 13.5 Å². The maximum absolute atomic E-state index is 12.2. The van der Waals surface area contributed by atoms with Gasteiger partial charge >= 0.3 is 6.09 Å². The van der Waals surface area contributed by atoms with Crippen LogP contribution >= 0.6 is 11.3 Å². The topological polar surface area (TPSA) is 118 Å². The second-order valence-electron chi connectivity index (χ2n) is 6.69. The van der Waals surface area contributed by atoms with E-state index in [0.717, 1.165) is 36.3 Å². The van der Waals surface area contributed by atoms with Gasteiger partial charge < -0.3 is 20.1 Å². The van der Waals surface area contributed by atoms with E-state index >= 15 is 0 Å². The summed E-state index contributed by atoms with van der Waals surface area (Å²) in [5.74, 6) is 0.555. The van der Waals surface area contributed by atoms with Crippen LogP contribution in [0.2, 0.25) is 0 Å². The maximum atomic E-state index is 12.2. The molecule has 2 aromatic rings. The zero-order valence-corrected chi connectivity index (χ0v) is 16.8. The smallest absolute Gasteiger partial charge is 0.407 e. The number of carbonyl (C=O) groups is 2. The van der Waals surface area contributed by atoms with E-state index in [1.807, 2.05) is 13.0 Å². The van der Waals surface area contributed by atoms with Gasteiger partial charge in [0.15, 0.2) is 5.82 Å². The third kappa shape index (κ3) is 5.44. The van der Waals surface area contributed by atoms with Crippen molar-refractivity contribution in [3.8, 4) is 5.19 Å². The average molecular weight is 407 g/mol. The molecule has 2 aromatic heterocycles. The Morgan fingerprint density at radius 3 is 3.00 bits per heavy atom. The minimum absolute atomic E-state index is 0.0930. The summed E-state index contributed by atoms with van der Waals surface area (Å²) in [6.07, 6.45) is 4.75. The predicted molar refractivity (Wildman–Crippen MR) is 105 cm³/mol. The van der Waals surface area contributed by atoms with Crippen molar-refractivity contribution in [2.45, 2.75) is 51.0 Å². The summed E-state index contributed by atoms with van der Waals surface area (Å²) in [6, 6.07) is 1.84. The summed E-state index contributed by atoms with van der Waals surface area (Å²) >= 11 is 1.34. The Labute approximate surface area is 167 Å². The molecule has 0 aromatic carbocycles. The third-order valence-corrected chi connectivity index (χ3v) is 5.48. The molecule has 0 bridgehead atoms. The molecule has 10 heteroatoms. The van der Waals surface area contributed by atoms with Crippen molar-refractivity contribution < 1.29 is 19.1 Å². The van der Waals surface area contributed by atoms with E-state index in [2.05, 4.69) is 25.8 Å². The Kier molecular flexibility index (Phi) is 6.85. The van der Waals surface area contributed by atoms with Gasteiger partial charge in [-0.05, 0) is 25.7 Å². The van der Waals surface area contributed by atoms with Gasteiger partial charge in [0.1, 0.15) is 6.10 Å². The lowest BCUT2D eigenvalue weighted by Gasteiger charge is -2.12. The number of alkyl carbamates (subject to hydrolysis) is 1. The minimum Gasteiger partial charge on any atom is -0.473 e. The molecule has 1 aliphatic rings. The molecule has 2 unspecified atom stereocenters. The number of nitrogens with one attached hydrogen (secondary N) is 3. The van der Waals surface area contributed by atoms with Crippen molar-refractivity contribution in [2.75, 3.05) is 19.0 Å². The SMILES string of the molecule is CCCNC(=O)OC1CCC(c2cc(NC(=O)Cc3cnc(OC)s3)n[nH]2)C1. The van der Waals surface area contributed by atoms with Gasteiger partial charge in [-0.15, -0.1) is 0 Å². The fourth-order valence-corrected chi connectivity index (χ4v) is 3.89. The molecule has 0 aliphatic heterocycles. The number of anilines is 1. The number of aromatic amines is 1. The molecule has 2 atom stereocenters. The fraction of sp³-hybridized carbons (Fsp3) is 0.556. The second-order valence-corrected chi connectivity index (χ2v) is 7.77. The standard InChI is InChI=1S/C18H25N5O4S/c1-3-6-19-17(25)27-12-5-4-11(7-12)14-9-15(23-22-14)21-16(24)8-13-10-20-18(26-2)28-13/h9-12H,3-8H2,1-2H3,(H,19,25)(H2,21,22,23,24). The molecule has 9 nitrogen and oxygen atoms in total. The largest absolute Gasteiger partial charge is 0.473 e. The van der Waals surface area contributed by atoms with Crippen LogP contribution in [0.3, 0.4) is 0 Å². The van der Waals surface area contributed by atoms with E-state index in [9.17, 15) is 9.59 Å². The lowest BCUT2D eigenvalue weighted by molar-refractivity contribution is -0.115. The predicted octanol–water partition coefficient (Wildman–Crippen LogP) is 2.83. The molecule has 0 saturated heterocycles. The summed E-state index contributed by atoms with van der Waals surface area (Å²) in [4.78, 5) is 28.7. The number of aromatic nitrogens is 3. The monoisotopic (exact) mass is 407 g/mol. The minimum atomic E-state index is -0.357. The molecular formula is C18H25N5O4S. The van der Waals surface area contributed by atoms with Crippen LogP contribution in [-0.4, -0.2) is 46.9 Å². The number of H-pyrrole nitrogens is 1. The average Bonchev–Trinajstić information content (AvgIpc) is 3.41. The Morgan fingerprint density at radius 2 is 2.25 bits per heavy atom. The van der Waals surface area contributed by atoms with Gasteiger partial charge in [-0.1, -0.05) is 18.3 Å². The highest BCUT2D eigenvalue weighted by molar-refractivity contribution is 7.13. The van der Waals surface area contributed by atoms with Crippen LogP contribution in [0.4, 0.5) is 10.6 Å². The van der Waals surface area contributed by atoms with E-state index in [0.29, 0.717) is 17.6 Å². The first-order chi connectivity index (χ1) is 13.6. The van der Waals surface area contributed by atoms with Crippen molar-refractivity contribution in [1.82, 2.24) is 20.5 Å². The number of carbonyl (C=O) groups excluding carboxylic acids is 2. The van der Waals surface area contributed by atoms with Crippen molar-refractivity contribution >= 4 is 29.2 Å². The van der Waals surface area contributed by atoms with Crippen LogP contribution in [0, 0.1) is 0 Å². The van der Waals surface area contributed by atoms with Gasteiger partial charge in [0.25, 0.3) is 5.19 Å². The third-order valence-electron chi connectivity index (χ3n) is 4.52. The normalized spacial score (nSPS) is 18.6. The van der Waals surface area contributed by atoms with Gasteiger partial charge in [0, 0.05) is 35.3 Å². The molecule has 3 rings (SSSR count). The maximum Gasteiger partial charge on any atom is 0.407 e. The lowest BCUT2D eigenvalue weighted by Crippen LogP contribution is -2.28. The lowest BCUT2D eigenvalue weighted by atomic mass is 10.0. The van der Waals surface area contributed by atoms with Crippen molar-refractivity contribution in [1.29, 1.82) is 0 Å². The van der Waals surface area contributed by atoms with Crippen molar-refractivity contribution in [2.24, 2.45) is 0 Å². The van der Waals surface area contributed by atoms with Crippen LogP contribution in [0.25, 0.3) is 0 Å². The van der Waals surface area contributed by atoms with Crippen LogP contribution in [-0.2, 0) is 16.0 Å². The summed E-state index contributed by atoms with van der Waals surface area (Å²) in [6.45, 7) is 2.61. The van der Waals surface area contributed by atoms with Gasteiger partial charge in [0.2, 0.25) is 5.91 Å². The van der Waals surface area contributed by atoms with Crippen molar-refractivity contribution in [3.05, 3.63) is 22.8 Å². The summed E-state index contributed by atoms with van der Waals surface area (Å²) in [5, 5.41) is 13.2. The highest BCUT2D eigenvalue weighted by atomic mass is 32.1. The molecule has 1 saturated carbocycles. The molecule has 1 fully saturated rings. The van der Waals surface area contributed by atoms with Crippen LogP contribution < -0.4 is 15.4 Å². The number of nitrogens with zero attached hydrogens (tertiary/aromatic N) is 2. The molecule has 2 amide bonds. The van der Waals surface area contributed by atoms with E-state index in [1.165, 1.54) is 11.3 Å². The molecule has 28 heavy (non-hydrogen) atoms. The number of hydrogen-bond acceptors (Lipinski definition) is 7. The van der Waals surface area contributed by atoms with E-state index in [4.69, 9.17) is 9.47 Å². The van der Waals surface area contributed by atoms with E-state index in [-0.39, 0.29) is 30.4 Å². The summed E-state index contributed by atoms with van der Waals surface area (Å²) in [5.41, 5.74) is 0.940. The van der Waals surface area contributed by atoms with Crippen LogP contribution in [0.1, 0.15) is 49.1 Å². The first kappa shape index (κ1) is 20.1. The van der Waals surface area contributed by atoms with Gasteiger partial charge in [-0.2, -0.15) is 5.10 Å². The molecule has 1 aliphatic carbocycles. The van der Waals surface area contributed by atoms with E-state index < -0.39 is 0 Å². The Balaban J connectivity index is 1.47.